The van der Waals surface area contributed by atoms with Crippen LogP contribution in [0.1, 0.15) is 30.4 Å². The Morgan fingerprint density at radius 3 is 2.72 bits per heavy atom. The first-order valence-electron chi connectivity index (χ1n) is 10.8. The third-order valence-electron chi connectivity index (χ3n) is 6.40. The summed E-state index contributed by atoms with van der Waals surface area (Å²) in [5.74, 6) is -1.72. The number of carbonyl (C=O) groups excluding carboxylic acids is 1. The van der Waals surface area contributed by atoms with Gasteiger partial charge >= 0.3 is 12.1 Å². The first-order chi connectivity index (χ1) is 15.4. The highest BCUT2D eigenvalue weighted by Gasteiger charge is 2.52. The molecule has 8 heteroatoms. The van der Waals surface area contributed by atoms with E-state index in [4.69, 9.17) is 4.99 Å². The van der Waals surface area contributed by atoms with Gasteiger partial charge in [0.05, 0.1) is 11.8 Å². The predicted molar refractivity (Wildman–Crippen MR) is 117 cm³/mol. The molecule has 0 N–H and O–H groups in total. The first-order valence-corrected chi connectivity index (χ1v) is 10.8. The number of fused-ring (bicyclic) bond motifs is 2. The number of likely N-dealkylation sites (tertiary alicyclic amines) is 1. The zero-order valence-electron chi connectivity index (χ0n) is 17.4. The van der Waals surface area contributed by atoms with Crippen molar-refractivity contribution in [3.63, 3.8) is 0 Å². The number of benzene rings is 1. The van der Waals surface area contributed by atoms with Crippen molar-refractivity contribution in [3.8, 4) is 0 Å². The molecule has 3 aliphatic rings. The second-order valence-electron chi connectivity index (χ2n) is 8.49. The van der Waals surface area contributed by atoms with Gasteiger partial charge in [-0.1, -0.05) is 12.1 Å². The quantitative estimate of drug-likeness (QED) is 0.722. The van der Waals surface area contributed by atoms with Gasteiger partial charge in [-0.25, -0.2) is 0 Å². The number of aliphatic imine (C=N–C) groups is 1. The molecular formula is C24H23F3N4O. The van der Waals surface area contributed by atoms with E-state index >= 15 is 0 Å². The summed E-state index contributed by atoms with van der Waals surface area (Å²) < 4.78 is 38.6. The van der Waals surface area contributed by atoms with E-state index < -0.39 is 18.1 Å². The molecule has 1 amide bonds. The largest absolute Gasteiger partial charge is 0.471 e. The van der Waals surface area contributed by atoms with Crippen molar-refractivity contribution in [3.05, 3.63) is 65.5 Å². The van der Waals surface area contributed by atoms with Crippen molar-refractivity contribution < 1.29 is 18.0 Å². The van der Waals surface area contributed by atoms with E-state index in [1.165, 1.54) is 0 Å². The van der Waals surface area contributed by atoms with Gasteiger partial charge < -0.3 is 9.80 Å². The van der Waals surface area contributed by atoms with E-state index in [0.717, 1.165) is 52.4 Å². The van der Waals surface area contributed by atoms with Crippen LogP contribution in [0.15, 0.2) is 59.4 Å². The minimum absolute atomic E-state index is 0.0867. The molecule has 0 saturated carbocycles. The molecule has 0 aliphatic carbocycles. The van der Waals surface area contributed by atoms with Gasteiger partial charge in [0, 0.05) is 49.3 Å². The van der Waals surface area contributed by atoms with Crippen molar-refractivity contribution in [1.82, 2.24) is 9.88 Å². The maximum Gasteiger partial charge on any atom is 0.471 e. The predicted octanol–water partition coefficient (Wildman–Crippen LogP) is 4.10. The van der Waals surface area contributed by atoms with Crippen molar-refractivity contribution >= 4 is 23.4 Å². The SMILES string of the molecule is O=C(N1C[C@H]2C[C@@H]1CN2c1cccc(/C=C2\CCCN=C2c2cccnc2)c1)C(F)(F)F. The topological polar surface area (TPSA) is 48.8 Å². The standard InChI is InChI=1S/C24H23F3N4O/c25-24(26,27)23(32)31-15-20-12-21(31)14-30(20)19-7-1-4-16(11-19)10-17-5-3-9-29-22(17)18-6-2-8-28-13-18/h1-2,4,6-8,10-11,13,20-21H,3,5,9,12,14-15H2/b17-10+/t20-,21-/m1/s1. The number of hydrogen-bond acceptors (Lipinski definition) is 4. The van der Waals surface area contributed by atoms with Crippen LogP contribution in [0.2, 0.25) is 0 Å². The average Bonchev–Trinajstić information content (AvgIpc) is 3.40. The minimum Gasteiger partial charge on any atom is -0.365 e. The average molecular weight is 440 g/mol. The van der Waals surface area contributed by atoms with Gasteiger partial charge in [-0.2, -0.15) is 13.2 Å². The molecule has 3 aliphatic heterocycles. The molecule has 4 heterocycles. The second kappa shape index (κ2) is 8.07. The van der Waals surface area contributed by atoms with Gasteiger partial charge in [0.2, 0.25) is 0 Å². The van der Waals surface area contributed by atoms with Gasteiger partial charge in [-0.3, -0.25) is 14.8 Å². The van der Waals surface area contributed by atoms with Gasteiger partial charge in [0.25, 0.3) is 0 Å². The molecule has 166 valence electrons. The van der Waals surface area contributed by atoms with Gasteiger partial charge in [-0.15, -0.1) is 0 Å². The lowest BCUT2D eigenvalue weighted by Crippen LogP contribution is -2.52. The number of nitrogens with zero attached hydrogens (tertiary/aromatic N) is 4. The molecule has 1 aromatic carbocycles. The number of carbonyl (C=O) groups is 1. The van der Waals surface area contributed by atoms with Crippen LogP contribution < -0.4 is 4.90 Å². The molecule has 5 nitrogen and oxygen atoms in total. The second-order valence-corrected chi connectivity index (χ2v) is 8.49. The number of aromatic nitrogens is 1. The third-order valence-corrected chi connectivity index (χ3v) is 6.40. The molecule has 1 aromatic heterocycles. The summed E-state index contributed by atoms with van der Waals surface area (Å²) in [5.41, 5.74) is 5.13. The summed E-state index contributed by atoms with van der Waals surface area (Å²) in [7, 11) is 0. The molecule has 0 radical (unpaired) electrons. The summed E-state index contributed by atoms with van der Waals surface area (Å²) in [6.07, 6.45) is 3.40. The molecule has 0 unspecified atom stereocenters. The Labute approximate surface area is 184 Å². The van der Waals surface area contributed by atoms with Crippen LogP contribution in [-0.2, 0) is 4.79 Å². The molecule has 32 heavy (non-hydrogen) atoms. The minimum atomic E-state index is -4.81. The van der Waals surface area contributed by atoms with Crippen LogP contribution in [0, 0.1) is 0 Å². The summed E-state index contributed by atoms with van der Waals surface area (Å²) in [4.78, 5) is 23.7. The van der Waals surface area contributed by atoms with Gasteiger partial charge in [0.15, 0.2) is 0 Å². The van der Waals surface area contributed by atoms with E-state index in [9.17, 15) is 18.0 Å². The van der Waals surface area contributed by atoms with E-state index in [1.54, 1.807) is 6.20 Å². The Morgan fingerprint density at radius 2 is 2.00 bits per heavy atom. The van der Waals surface area contributed by atoms with Crippen LogP contribution in [0.25, 0.3) is 6.08 Å². The van der Waals surface area contributed by atoms with Gasteiger partial charge in [0.1, 0.15) is 0 Å². The van der Waals surface area contributed by atoms with Crippen LogP contribution in [0.3, 0.4) is 0 Å². The Kier molecular flexibility index (Phi) is 5.23. The number of hydrogen-bond donors (Lipinski definition) is 0. The summed E-state index contributed by atoms with van der Waals surface area (Å²) in [5, 5.41) is 0. The lowest BCUT2D eigenvalue weighted by molar-refractivity contribution is -0.186. The highest BCUT2D eigenvalue weighted by Crippen LogP contribution is 2.37. The highest BCUT2D eigenvalue weighted by molar-refractivity contribution is 6.15. The molecule has 5 rings (SSSR count). The molecular weight excluding hydrogens is 417 g/mol. The van der Waals surface area contributed by atoms with Crippen molar-refractivity contribution in [2.75, 3.05) is 24.5 Å². The van der Waals surface area contributed by atoms with E-state index in [2.05, 4.69) is 22.0 Å². The molecule has 2 fully saturated rings. The summed E-state index contributed by atoms with van der Waals surface area (Å²) in [6, 6.07) is 11.5. The molecule has 2 aromatic rings. The number of anilines is 1. The molecule has 2 atom stereocenters. The van der Waals surface area contributed by atoms with E-state index in [1.807, 2.05) is 36.5 Å². The third kappa shape index (κ3) is 3.89. The smallest absolute Gasteiger partial charge is 0.365 e. The Bertz CT molecular complexity index is 1080. The lowest BCUT2D eigenvalue weighted by atomic mass is 9.95. The number of alkyl halides is 3. The molecule has 2 saturated heterocycles. The maximum atomic E-state index is 12.9. The summed E-state index contributed by atoms with van der Waals surface area (Å²) >= 11 is 0. The van der Waals surface area contributed by atoms with E-state index in [0.29, 0.717) is 13.0 Å². The number of rotatable bonds is 3. The summed E-state index contributed by atoms with van der Waals surface area (Å²) in [6.45, 7) is 1.34. The zero-order chi connectivity index (χ0) is 22.3. The van der Waals surface area contributed by atoms with Crippen molar-refractivity contribution in [2.24, 2.45) is 4.99 Å². The first kappa shape index (κ1) is 20.7. The number of halogens is 3. The number of amides is 1. The van der Waals surface area contributed by atoms with Crippen molar-refractivity contribution in [2.45, 2.75) is 37.5 Å². The van der Waals surface area contributed by atoms with Crippen LogP contribution in [-0.4, -0.2) is 59.4 Å². The van der Waals surface area contributed by atoms with Crippen molar-refractivity contribution in [1.29, 1.82) is 0 Å². The fourth-order valence-electron chi connectivity index (χ4n) is 4.99. The zero-order valence-corrected chi connectivity index (χ0v) is 17.4. The van der Waals surface area contributed by atoms with Gasteiger partial charge in [-0.05, 0) is 60.7 Å². The van der Waals surface area contributed by atoms with Crippen LogP contribution in [0.4, 0.5) is 18.9 Å². The number of pyridine rings is 1. The molecule has 0 spiro atoms. The Balaban J connectivity index is 1.36. The Hall–Kier alpha value is -3.16. The fraction of sp³-hybridized carbons (Fsp3) is 0.375. The monoisotopic (exact) mass is 440 g/mol. The van der Waals surface area contributed by atoms with Crippen LogP contribution in [0.5, 0.6) is 0 Å². The maximum absolute atomic E-state index is 12.9. The Morgan fingerprint density at radius 1 is 1.12 bits per heavy atom. The number of piperazine rings is 1. The fourth-order valence-corrected chi connectivity index (χ4v) is 4.99. The molecule has 2 bridgehead atoms. The lowest BCUT2D eigenvalue weighted by Gasteiger charge is -2.36. The number of allylic oxidation sites excluding steroid dienone is 1. The van der Waals surface area contributed by atoms with Crippen LogP contribution >= 0.6 is 0 Å². The normalized spacial score (nSPS) is 24.2. The highest BCUT2D eigenvalue weighted by atomic mass is 19.4. The van der Waals surface area contributed by atoms with E-state index in [-0.39, 0.29) is 12.6 Å².